The maximum atomic E-state index is 11.4. The molecular formula is C18H20N2O3. The van der Waals surface area contributed by atoms with Gasteiger partial charge in [0.05, 0.1) is 11.5 Å². The molecule has 0 aliphatic carbocycles. The minimum Gasteiger partial charge on any atom is -0.392 e. The number of rotatable bonds is 4. The van der Waals surface area contributed by atoms with Gasteiger partial charge in [-0.15, -0.1) is 0 Å². The van der Waals surface area contributed by atoms with Gasteiger partial charge in [-0.05, 0) is 36.6 Å². The molecule has 2 aromatic carbocycles. The Morgan fingerprint density at radius 2 is 2.00 bits per heavy atom. The van der Waals surface area contributed by atoms with Crippen molar-refractivity contribution >= 4 is 11.4 Å². The fourth-order valence-electron chi connectivity index (χ4n) is 3.48. The first-order valence-corrected chi connectivity index (χ1v) is 7.81. The molecule has 1 aliphatic rings. The third-order valence-corrected chi connectivity index (χ3v) is 4.71. The van der Waals surface area contributed by atoms with E-state index in [1.807, 2.05) is 18.2 Å². The zero-order valence-corrected chi connectivity index (χ0v) is 13.1. The summed E-state index contributed by atoms with van der Waals surface area (Å²) in [6.45, 7) is 2.77. The Kier molecular flexibility index (Phi) is 4.30. The van der Waals surface area contributed by atoms with Crippen LogP contribution < -0.4 is 4.90 Å². The first-order chi connectivity index (χ1) is 11.1. The fourth-order valence-corrected chi connectivity index (χ4v) is 3.48. The average molecular weight is 312 g/mol. The lowest BCUT2D eigenvalue weighted by Gasteiger charge is -2.27. The highest BCUT2D eigenvalue weighted by molar-refractivity contribution is 5.66. The van der Waals surface area contributed by atoms with Crippen LogP contribution in [0.25, 0.3) is 0 Å². The Morgan fingerprint density at radius 1 is 1.26 bits per heavy atom. The van der Waals surface area contributed by atoms with Crippen LogP contribution in [0.4, 0.5) is 11.4 Å². The summed E-state index contributed by atoms with van der Waals surface area (Å²) in [4.78, 5) is 13.1. The van der Waals surface area contributed by atoms with Crippen molar-refractivity contribution < 1.29 is 10.0 Å². The van der Waals surface area contributed by atoms with E-state index >= 15 is 0 Å². The van der Waals surface area contributed by atoms with Gasteiger partial charge in [-0.2, -0.15) is 0 Å². The maximum Gasteiger partial charge on any atom is 0.292 e. The Bertz CT molecular complexity index is 703. The topological polar surface area (TPSA) is 66.6 Å². The van der Waals surface area contributed by atoms with Gasteiger partial charge >= 0.3 is 0 Å². The number of nitrogens with zero attached hydrogens (tertiary/aromatic N) is 2. The van der Waals surface area contributed by atoms with Gasteiger partial charge in [0.1, 0.15) is 5.69 Å². The Hall–Kier alpha value is -2.40. The van der Waals surface area contributed by atoms with Gasteiger partial charge in [-0.1, -0.05) is 30.3 Å². The third-order valence-electron chi connectivity index (χ3n) is 4.71. The minimum absolute atomic E-state index is 0.0998. The summed E-state index contributed by atoms with van der Waals surface area (Å²) in [6, 6.07) is 15.3. The van der Waals surface area contributed by atoms with Gasteiger partial charge in [-0.25, -0.2) is 0 Å². The molecule has 1 fully saturated rings. The van der Waals surface area contributed by atoms with Gasteiger partial charge in [0, 0.05) is 24.6 Å². The first-order valence-electron chi connectivity index (χ1n) is 7.81. The number of nitro groups is 1. The quantitative estimate of drug-likeness (QED) is 0.693. The number of nitro benzene ring substituents is 1. The van der Waals surface area contributed by atoms with Crippen molar-refractivity contribution in [2.45, 2.75) is 31.9 Å². The lowest BCUT2D eigenvalue weighted by molar-refractivity contribution is -0.384. The highest BCUT2D eigenvalue weighted by Crippen LogP contribution is 2.40. The number of aliphatic hydroxyl groups excluding tert-OH is 1. The summed E-state index contributed by atoms with van der Waals surface area (Å²) in [7, 11) is 0. The van der Waals surface area contributed by atoms with E-state index in [0.717, 1.165) is 13.0 Å². The van der Waals surface area contributed by atoms with Gasteiger partial charge < -0.3 is 10.0 Å². The van der Waals surface area contributed by atoms with Crippen LogP contribution in [0, 0.1) is 10.1 Å². The van der Waals surface area contributed by atoms with E-state index in [0.29, 0.717) is 17.2 Å². The van der Waals surface area contributed by atoms with Crippen LogP contribution in [0.1, 0.15) is 30.4 Å². The average Bonchev–Trinajstić information content (AvgIpc) is 2.96. The predicted octanol–water partition coefficient (Wildman–Crippen LogP) is 3.47. The Morgan fingerprint density at radius 3 is 2.65 bits per heavy atom. The number of benzene rings is 2. The highest BCUT2D eigenvalue weighted by Gasteiger charge is 2.34. The van der Waals surface area contributed by atoms with Gasteiger partial charge in [0.15, 0.2) is 0 Å². The van der Waals surface area contributed by atoms with Crippen LogP contribution in [0.3, 0.4) is 0 Å². The number of hydrogen-bond acceptors (Lipinski definition) is 4. The molecule has 0 spiro atoms. The molecule has 0 amide bonds. The molecule has 0 radical (unpaired) electrons. The molecule has 5 heteroatoms. The highest BCUT2D eigenvalue weighted by atomic mass is 16.6. The van der Waals surface area contributed by atoms with E-state index in [2.05, 4.69) is 24.0 Å². The molecule has 5 nitrogen and oxygen atoms in total. The molecule has 1 aliphatic heterocycles. The molecule has 120 valence electrons. The summed E-state index contributed by atoms with van der Waals surface area (Å²) in [5.74, 6) is 0.355. The van der Waals surface area contributed by atoms with Crippen LogP contribution in [0.2, 0.25) is 0 Å². The van der Waals surface area contributed by atoms with E-state index in [1.54, 1.807) is 12.1 Å². The van der Waals surface area contributed by atoms with Crippen LogP contribution in [0.5, 0.6) is 0 Å². The van der Waals surface area contributed by atoms with Crippen molar-refractivity contribution in [2.75, 3.05) is 11.4 Å². The summed E-state index contributed by atoms with van der Waals surface area (Å²) >= 11 is 0. The van der Waals surface area contributed by atoms with Crippen molar-refractivity contribution in [3.05, 3.63) is 69.8 Å². The van der Waals surface area contributed by atoms with E-state index in [4.69, 9.17) is 0 Å². The third kappa shape index (κ3) is 2.92. The van der Waals surface area contributed by atoms with Crippen molar-refractivity contribution in [1.29, 1.82) is 0 Å². The monoisotopic (exact) mass is 312 g/mol. The lowest BCUT2D eigenvalue weighted by Crippen LogP contribution is -2.29. The number of aliphatic hydroxyl groups is 1. The SMILES string of the molecule is CC1C(c2ccccc2)CCN1c1cc(CO)ccc1[N+](=O)[O-]. The molecule has 2 unspecified atom stereocenters. The minimum atomic E-state index is -0.348. The van der Waals surface area contributed by atoms with E-state index < -0.39 is 0 Å². The summed E-state index contributed by atoms with van der Waals surface area (Å²) in [6.07, 6.45) is 0.964. The van der Waals surface area contributed by atoms with E-state index in [-0.39, 0.29) is 23.3 Å². The summed E-state index contributed by atoms with van der Waals surface area (Å²) in [5.41, 5.74) is 2.67. The van der Waals surface area contributed by atoms with Gasteiger partial charge in [0.2, 0.25) is 0 Å². The first kappa shape index (κ1) is 15.5. The van der Waals surface area contributed by atoms with Crippen LogP contribution >= 0.6 is 0 Å². The van der Waals surface area contributed by atoms with E-state index in [9.17, 15) is 15.2 Å². The molecule has 0 aromatic heterocycles. The molecular weight excluding hydrogens is 292 g/mol. The molecule has 3 rings (SSSR count). The Balaban J connectivity index is 1.95. The molecule has 0 bridgehead atoms. The molecule has 1 N–H and O–H groups in total. The predicted molar refractivity (Wildman–Crippen MR) is 89.6 cm³/mol. The van der Waals surface area contributed by atoms with Crippen molar-refractivity contribution in [1.82, 2.24) is 0 Å². The van der Waals surface area contributed by atoms with Crippen LogP contribution in [-0.4, -0.2) is 22.6 Å². The van der Waals surface area contributed by atoms with Gasteiger partial charge in [-0.3, -0.25) is 10.1 Å². The van der Waals surface area contributed by atoms with E-state index in [1.165, 1.54) is 11.6 Å². The fraction of sp³-hybridized carbons (Fsp3) is 0.333. The maximum absolute atomic E-state index is 11.4. The lowest BCUT2D eigenvalue weighted by atomic mass is 9.93. The second-order valence-electron chi connectivity index (χ2n) is 5.98. The van der Waals surface area contributed by atoms with Crippen LogP contribution in [0.15, 0.2) is 48.5 Å². The normalized spacial score (nSPS) is 20.7. The molecule has 1 saturated heterocycles. The smallest absolute Gasteiger partial charge is 0.292 e. The molecule has 2 atom stereocenters. The largest absolute Gasteiger partial charge is 0.392 e. The molecule has 2 aromatic rings. The van der Waals surface area contributed by atoms with Gasteiger partial charge in [0.25, 0.3) is 5.69 Å². The second kappa shape index (κ2) is 6.38. The van der Waals surface area contributed by atoms with Crippen molar-refractivity contribution in [2.24, 2.45) is 0 Å². The summed E-state index contributed by atoms with van der Waals surface area (Å²) in [5, 5.41) is 20.7. The number of hydrogen-bond donors (Lipinski definition) is 1. The number of anilines is 1. The molecule has 0 saturated carbocycles. The molecule has 1 heterocycles. The summed E-state index contributed by atoms with van der Waals surface area (Å²) < 4.78 is 0. The van der Waals surface area contributed by atoms with Crippen molar-refractivity contribution in [3.8, 4) is 0 Å². The standard InChI is InChI=1S/C18H20N2O3/c1-13-16(15-5-3-2-4-6-15)9-10-19(13)18-11-14(12-21)7-8-17(18)20(22)23/h2-8,11,13,16,21H,9-10,12H2,1H3. The zero-order valence-electron chi connectivity index (χ0n) is 13.1. The second-order valence-corrected chi connectivity index (χ2v) is 5.98. The van der Waals surface area contributed by atoms with Crippen molar-refractivity contribution in [3.63, 3.8) is 0 Å². The Labute approximate surface area is 135 Å². The zero-order chi connectivity index (χ0) is 16.4. The molecule has 23 heavy (non-hydrogen) atoms. The van der Waals surface area contributed by atoms with Crippen LogP contribution in [-0.2, 0) is 6.61 Å².